The second-order valence-corrected chi connectivity index (χ2v) is 6.09. The van der Waals surface area contributed by atoms with Gasteiger partial charge in [0.2, 0.25) is 5.91 Å². The Labute approximate surface area is 121 Å². The highest BCUT2D eigenvalue weighted by Gasteiger charge is 2.34. The third-order valence-corrected chi connectivity index (χ3v) is 4.20. The standard InChI is InChI=1S/C14H17BrN2O2/c15-11-3-1-2-10(6-11)7-17-5-4-13-12(8-17)16-14(18)9-19-13/h1-3,6,12-13H,4-5,7-9H2,(H,16,18)/t12-,13-/m0/s1. The molecular weight excluding hydrogens is 308 g/mol. The molecule has 1 aromatic carbocycles. The van der Waals surface area contributed by atoms with Crippen molar-refractivity contribution in [2.75, 3.05) is 19.7 Å². The number of fused-ring (bicyclic) bond motifs is 1. The Morgan fingerprint density at radius 2 is 2.37 bits per heavy atom. The fourth-order valence-electron chi connectivity index (χ4n) is 2.80. The summed E-state index contributed by atoms with van der Waals surface area (Å²) in [5, 5.41) is 3.03. The predicted octanol–water partition coefficient (Wildman–Crippen LogP) is 1.54. The molecule has 0 unspecified atom stereocenters. The Kier molecular flexibility index (Phi) is 3.86. The Hall–Kier alpha value is -0.910. The van der Waals surface area contributed by atoms with Gasteiger partial charge in [0.25, 0.3) is 0 Å². The van der Waals surface area contributed by atoms with Crippen molar-refractivity contribution < 1.29 is 9.53 Å². The first-order chi connectivity index (χ1) is 9.20. The smallest absolute Gasteiger partial charge is 0.246 e. The van der Waals surface area contributed by atoms with Gasteiger partial charge in [-0.15, -0.1) is 0 Å². The molecular formula is C14H17BrN2O2. The van der Waals surface area contributed by atoms with Gasteiger partial charge in [-0.1, -0.05) is 28.1 Å². The fraction of sp³-hybridized carbons (Fsp3) is 0.500. The molecule has 4 nitrogen and oxygen atoms in total. The molecule has 19 heavy (non-hydrogen) atoms. The number of piperidine rings is 1. The number of hydrogen-bond donors (Lipinski definition) is 1. The van der Waals surface area contributed by atoms with Crippen molar-refractivity contribution in [3.63, 3.8) is 0 Å². The first-order valence-electron chi connectivity index (χ1n) is 6.58. The Balaban J connectivity index is 1.62. The third-order valence-electron chi connectivity index (χ3n) is 3.70. The molecule has 102 valence electrons. The van der Waals surface area contributed by atoms with Crippen LogP contribution >= 0.6 is 15.9 Å². The molecule has 0 aromatic heterocycles. The number of carbonyl (C=O) groups is 1. The predicted molar refractivity (Wildman–Crippen MR) is 75.7 cm³/mol. The van der Waals surface area contributed by atoms with Crippen molar-refractivity contribution in [1.29, 1.82) is 0 Å². The van der Waals surface area contributed by atoms with Gasteiger partial charge in [0.1, 0.15) is 6.61 Å². The number of carbonyl (C=O) groups excluding carboxylic acids is 1. The SMILES string of the molecule is O=C1CO[C@H]2CCN(Cc3cccc(Br)c3)C[C@@H]2N1. The van der Waals surface area contributed by atoms with E-state index in [1.807, 2.05) is 6.07 Å². The molecule has 0 spiro atoms. The van der Waals surface area contributed by atoms with E-state index < -0.39 is 0 Å². The minimum atomic E-state index is 0.00514. The van der Waals surface area contributed by atoms with Crippen LogP contribution in [0.2, 0.25) is 0 Å². The van der Waals surface area contributed by atoms with Crippen LogP contribution < -0.4 is 5.32 Å². The number of ether oxygens (including phenoxy) is 1. The van der Waals surface area contributed by atoms with Crippen LogP contribution in [-0.2, 0) is 16.1 Å². The molecule has 2 saturated heterocycles. The van der Waals surface area contributed by atoms with Crippen LogP contribution in [-0.4, -0.2) is 42.6 Å². The quantitative estimate of drug-likeness (QED) is 0.897. The van der Waals surface area contributed by atoms with Gasteiger partial charge in [-0.05, 0) is 24.1 Å². The van der Waals surface area contributed by atoms with Crippen molar-refractivity contribution in [3.05, 3.63) is 34.3 Å². The topological polar surface area (TPSA) is 41.6 Å². The maximum atomic E-state index is 11.4. The van der Waals surface area contributed by atoms with E-state index in [1.165, 1.54) is 5.56 Å². The maximum Gasteiger partial charge on any atom is 0.246 e. The highest BCUT2D eigenvalue weighted by atomic mass is 79.9. The van der Waals surface area contributed by atoms with Gasteiger partial charge in [0.15, 0.2) is 0 Å². The average Bonchev–Trinajstić information content (AvgIpc) is 2.38. The van der Waals surface area contributed by atoms with E-state index in [2.05, 4.69) is 44.3 Å². The minimum Gasteiger partial charge on any atom is -0.366 e. The number of nitrogens with one attached hydrogen (secondary N) is 1. The van der Waals surface area contributed by atoms with Crippen molar-refractivity contribution in [1.82, 2.24) is 10.2 Å². The van der Waals surface area contributed by atoms with Gasteiger partial charge in [0, 0.05) is 24.1 Å². The van der Waals surface area contributed by atoms with E-state index >= 15 is 0 Å². The monoisotopic (exact) mass is 324 g/mol. The Bertz CT molecular complexity index is 480. The summed E-state index contributed by atoms with van der Waals surface area (Å²) in [7, 11) is 0. The minimum absolute atomic E-state index is 0.00514. The second-order valence-electron chi connectivity index (χ2n) is 5.18. The van der Waals surface area contributed by atoms with E-state index in [1.54, 1.807) is 0 Å². The summed E-state index contributed by atoms with van der Waals surface area (Å²) in [5.41, 5.74) is 1.29. The molecule has 1 amide bonds. The largest absolute Gasteiger partial charge is 0.366 e. The van der Waals surface area contributed by atoms with Gasteiger partial charge in [0.05, 0.1) is 12.1 Å². The Morgan fingerprint density at radius 3 is 3.21 bits per heavy atom. The van der Waals surface area contributed by atoms with Gasteiger partial charge in [-0.25, -0.2) is 0 Å². The summed E-state index contributed by atoms with van der Waals surface area (Å²) in [4.78, 5) is 13.7. The number of halogens is 1. The zero-order valence-electron chi connectivity index (χ0n) is 10.6. The van der Waals surface area contributed by atoms with E-state index in [0.29, 0.717) is 0 Å². The lowest BCUT2D eigenvalue weighted by Crippen LogP contribution is -2.60. The van der Waals surface area contributed by atoms with Crippen LogP contribution in [0.25, 0.3) is 0 Å². The number of rotatable bonds is 2. The summed E-state index contributed by atoms with van der Waals surface area (Å²) < 4.78 is 6.67. The molecule has 0 aliphatic carbocycles. The normalized spacial score (nSPS) is 27.7. The molecule has 3 rings (SSSR count). The van der Waals surface area contributed by atoms with Crippen LogP contribution in [0.1, 0.15) is 12.0 Å². The van der Waals surface area contributed by atoms with Crippen LogP contribution in [0.4, 0.5) is 0 Å². The van der Waals surface area contributed by atoms with Crippen molar-refractivity contribution in [3.8, 4) is 0 Å². The van der Waals surface area contributed by atoms with Crippen molar-refractivity contribution in [2.24, 2.45) is 0 Å². The van der Waals surface area contributed by atoms with Crippen LogP contribution in [0.15, 0.2) is 28.7 Å². The lowest BCUT2D eigenvalue weighted by Gasteiger charge is -2.41. The first kappa shape index (κ1) is 13.1. The zero-order valence-corrected chi connectivity index (χ0v) is 12.2. The fourth-order valence-corrected chi connectivity index (χ4v) is 3.25. The third kappa shape index (κ3) is 3.16. The number of likely N-dealkylation sites (tertiary alicyclic amines) is 1. The highest BCUT2D eigenvalue weighted by molar-refractivity contribution is 9.10. The van der Waals surface area contributed by atoms with Gasteiger partial charge in [-0.2, -0.15) is 0 Å². The molecule has 2 aliphatic rings. The highest BCUT2D eigenvalue weighted by Crippen LogP contribution is 2.20. The van der Waals surface area contributed by atoms with Gasteiger partial charge >= 0.3 is 0 Å². The summed E-state index contributed by atoms with van der Waals surface area (Å²) in [5.74, 6) is 0.00514. The lowest BCUT2D eigenvalue weighted by molar-refractivity contribution is -0.140. The molecule has 2 heterocycles. The van der Waals surface area contributed by atoms with Gasteiger partial charge < -0.3 is 10.1 Å². The molecule has 1 N–H and O–H groups in total. The maximum absolute atomic E-state index is 11.4. The Morgan fingerprint density at radius 1 is 1.47 bits per heavy atom. The lowest BCUT2D eigenvalue weighted by atomic mass is 10.00. The summed E-state index contributed by atoms with van der Waals surface area (Å²) in [6, 6.07) is 8.50. The molecule has 5 heteroatoms. The number of benzene rings is 1. The summed E-state index contributed by atoms with van der Waals surface area (Å²) in [6.07, 6.45) is 1.18. The summed E-state index contributed by atoms with van der Waals surface area (Å²) in [6.45, 7) is 3.01. The van der Waals surface area contributed by atoms with E-state index in [4.69, 9.17) is 4.74 Å². The van der Waals surface area contributed by atoms with Crippen molar-refractivity contribution >= 4 is 21.8 Å². The van der Waals surface area contributed by atoms with Crippen LogP contribution in [0.3, 0.4) is 0 Å². The van der Waals surface area contributed by atoms with E-state index in [0.717, 1.165) is 30.5 Å². The van der Waals surface area contributed by atoms with Crippen molar-refractivity contribution in [2.45, 2.75) is 25.1 Å². The van der Waals surface area contributed by atoms with Crippen LogP contribution in [0, 0.1) is 0 Å². The molecule has 1 aromatic rings. The van der Waals surface area contributed by atoms with E-state index in [9.17, 15) is 4.79 Å². The summed E-state index contributed by atoms with van der Waals surface area (Å²) >= 11 is 3.49. The molecule has 0 radical (unpaired) electrons. The zero-order chi connectivity index (χ0) is 13.2. The molecule has 2 atom stereocenters. The number of hydrogen-bond acceptors (Lipinski definition) is 3. The first-order valence-corrected chi connectivity index (χ1v) is 7.38. The molecule has 0 saturated carbocycles. The molecule has 2 fully saturated rings. The second kappa shape index (κ2) is 5.61. The number of amides is 1. The molecule has 2 aliphatic heterocycles. The number of nitrogens with zero attached hydrogens (tertiary/aromatic N) is 1. The van der Waals surface area contributed by atoms with E-state index in [-0.39, 0.29) is 24.7 Å². The average molecular weight is 325 g/mol. The number of morpholine rings is 1. The van der Waals surface area contributed by atoms with Crippen LogP contribution in [0.5, 0.6) is 0 Å². The van der Waals surface area contributed by atoms with Gasteiger partial charge in [-0.3, -0.25) is 9.69 Å². The molecule has 0 bridgehead atoms.